The van der Waals surface area contributed by atoms with Crippen LogP contribution in [-0.4, -0.2) is 10.9 Å². The lowest BCUT2D eigenvalue weighted by Gasteiger charge is -2.18. The van der Waals surface area contributed by atoms with Gasteiger partial charge in [-0.3, -0.25) is 4.79 Å². The molecule has 1 saturated carbocycles. The van der Waals surface area contributed by atoms with Crippen molar-refractivity contribution in [1.82, 2.24) is 10.3 Å². The van der Waals surface area contributed by atoms with E-state index in [9.17, 15) is 13.6 Å². The van der Waals surface area contributed by atoms with Gasteiger partial charge in [0, 0.05) is 23.4 Å². The normalized spacial score (nSPS) is 14.8. The van der Waals surface area contributed by atoms with E-state index >= 15 is 0 Å². The van der Waals surface area contributed by atoms with E-state index in [2.05, 4.69) is 10.3 Å². The second-order valence-corrected chi connectivity index (χ2v) is 6.88. The van der Waals surface area contributed by atoms with Crippen LogP contribution in [0.5, 0.6) is 0 Å². The van der Waals surface area contributed by atoms with Crippen LogP contribution < -0.4 is 5.32 Å². The highest BCUT2D eigenvalue weighted by molar-refractivity contribution is 5.92. The maximum absolute atomic E-state index is 13.7. The average Bonchev–Trinajstić information content (AvgIpc) is 3.49. The molecule has 0 unspecified atom stereocenters. The fraction of sp³-hybridized carbons (Fsp3) is 0.130. The first-order chi connectivity index (χ1) is 13.6. The molecule has 1 aromatic heterocycles. The number of benzene rings is 2. The molecule has 1 aliphatic rings. The largest absolute Gasteiger partial charge is 0.343 e. The molecule has 140 valence electrons. The van der Waals surface area contributed by atoms with Gasteiger partial charge in [-0.15, -0.1) is 0 Å². The summed E-state index contributed by atoms with van der Waals surface area (Å²) in [5.41, 5.74) is 2.66. The van der Waals surface area contributed by atoms with E-state index in [0.29, 0.717) is 5.56 Å². The molecule has 28 heavy (non-hydrogen) atoms. The molecular weight excluding hydrogens is 358 g/mol. The molecule has 0 bridgehead atoms. The van der Waals surface area contributed by atoms with E-state index in [1.807, 2.05) is 24.3 Å². The molecule has 2 aromatic carbocycles. The highest BCUT2D eigenvalue weighted by Gasteiger charge is 2.45. The zero-order chi connectivity index (χ0) is 19.6. The standard InChI is InChI=1S/C23H18F2N2O/c24-20-7-2-1-4-16(20)9-11-22(28)27-23(12-13-23)19-6-3-5-17(14-19)18-8-10-21(25)26-15-18/h1-11,14-15H,12-13H2,(H,27,28)/b11-9+. The Bertz CT molecular complexity index is 1040. The third-order valence-corrected chi connectivity index (χ3v) is 4.91. The monoisotopic (exact) mass is 376 g/mol. The highest BCUT2D eigenvalue weighted by Crippen LogP contribution is 2.46. The summed E-state index contributed by atoms with van der Waals surface area (Å²) in [6, 6.07) is 17.1. The maximum atomic E-state index is 13.7. The molecule has 0 atom stereocenters. The van der Waals surface area contributed by atoms with Crippen molar-refractivity contribution in [3.05, 3.63) is 95.8 Å². The fourth-order valence-corrected chi connectivity index (χ4v) is 3.21. The van der Waals surface area contributed by atoms with Gasteiger partial charge in [0.2, 0.25) is 11.9 Å². The van der Waals surface area contributed by atoms with Crippen LogP contribution >= 0.6 is 0 Å². The molecule has 1 aliphatic carbocycles. The zero-order valence-electron chi connectivity index (χ0n) is 15.0. The number of nitrogens with one attached hydrogen (secondary N) is 1. The lowest BCUT2D eigenvalue weighted by molar-refractivity contribution is -0.117. The van der Waals surface area contributed by atoms with E-state index < -0.39 is 11.5 Å². The Labute approximate surface area is 161 Å². The number of pyridine rings is 1. The number of amides is 1. The number of halogens is 2. The number of hydrogen-bond acceptors (Lipinski definition) is 2. The molecule has 0 spiro atoms. The maximum Gasteiger partial charge on any atom is 0.244 e. The van der Waals surface area contributed by atoms with Gasteiger partial charge in [-0.2, -0.15) is 4.39 Å². The number of carbonyl (C=O) groups is 1. The van der Waals surface area contributed by atoms with Crippen molar-refractivity contribution in [2.45, 2.75) is 18.4 Å². The highest BCUT2D eigenvalue weighted by atomic mass is 19.1. The lowest BCUT2D eigenvalue weighted by Crippen LogP contribution is -2.33. The van der Waals surface area contributed by atoms with Crippen molar-refractivity contribution >= 4 is 12.0 Å². The van der Waals surface area contributed by atoms with Crippen molar-refractivity contribution in [2.75, 3.05) is 0 Å². The van der Waals surface area contributed by atoms with Gasteiger partial charge in [-0.1, -0.05) is 36.4 Å². The molecule has 5 heteroatoms. The predicted molar refractivity (Wildman–Crippen MR) is 104 cm³/mol. The van der Waals surface area contributed by atoms with Gasteiger partial charge in [0.05, 0.1) is 5.54 Å². The summed E-state index contributed by atoms with van der Waals surface area (Å²) in [5, 5.41) is 3.04. The summed E-state index contributed by atoms with van der Waals surface area (Å²) in [4.78, 5) is 16.1. The van der Waals surface area contributed by atoms with E-state index in [1.54, 1.807) is 24.3 Å². The fourth-order valence-electron chi connectivity index (χ4n) is 3.21. The van der Waals surface area contributed by atoms with Crippen molar-refractivity contribution in [1.29, 1.82) is 0 Å². The summed E-state index contributed by atoms with van der Waals surface area (Å²) < 4.78 is 26.7. The minimum absolute atomic E-state index is 0.269. The van der Waals surface area contributed by atoms with E-state index in [-0.39, 0.29) is 11.7 Å². The second kappa shape index (κ2) is 7.35. The van der Waals surface area contributed by atoms with Crippen LogP contribution in [0.25, 0.3) is 17.2 Å². The summed E-state index contributed by atoms with van der Waals surface area (Å²) in [6.45, 7) is 0. The van der Waals surface area contributed by atoms with Gasteiger partial charge in [-0.25, -0.2) is 9.37 Å². The van der Waals surface area contributed by atoms with Crippen LogP contribution in [0.1, 0.15) is 24.0 Å². The van der Waals surface area contributed by atoms with Crippen molar-refractivity contribution in [3.63, 3.8) is 0 Å². The average molecular weight is 376 g/mol. The summed E-state index contributed by atoms with van der Waals surface area (Å²) in [7, 11) is 0. The van der Waals surface area contributed by atoms with Gasteiger partial charge in [0.25, 0.3) is 0 Å². The number of aromatic nitrogens is 1. The van der Waals surface area contributed by atoms with Crippen LogP contribution in [0.4, 0.5) is 8.78 Å². The van der Waals surface area contributed by atoms with Crippen molar-refractivity contribution in [3.8, 4) is 11.1 Å². The zero-order valence-corrected chi connectivity index (χ0v) is 15.0. The third-order valence-electron chi connectivity index (χ3n) is 4.91. The molecule has 3 nitrogen and oxygen atoms in total. The Morgan fingerprint density at radius 3 is 2.54 bits per heavy atom. The first-order valence-corrected chi connectivity index (χ1v) is 9.03. The predicted octanol–water partition coefficient (Wildman–Crippen LogP) is 4.85. The Balaban J connectivity index is 1.51. The van der Waals surface area contributed by atoms with Crippen LogP contribution in [0.2, 0.25) is 0 Å². The SMILES string of the molecule is O=C(/C=C/c1ccccc1F)NC1(c2cccc(-c3ccc(F)nc3)c2)CC1. The van der Waals surface area contributed by atoms with Gasteiger partial charge >= 0.3 is 0 Å². The van der Waals surface area contributed by atoms with E-state index in [4.69, 9.17) is 0 Å². The Morgan fingerprint density at radius 2 is 1.82 bits per heavy atom. The molecule has 3 aromatic rings. The van der Waals surface area contributed by atoms with Gasteiger partial charge in [0.15, 0.2) is 0 Å². The van der Waals surface area contributed by atoms with E-state index in [1.165, 1.54) is 30.5 Å². The van der Waals surface area contributed by atoms with Crippen LogP contribution in [0.3, 0.4) is 0 Å². The molecule has 1 heterocycles. The first kappa shape index (κ1) is 18.0. The van der Waals surface area contributed by atoms with Crippen molar-refractivity contribution < 1.29 is 13.6 Å². The number of nitrogens with zero attached hydrogens (tertiary/aromatic N) is 1. The Hall–Kier alpha value is -3.34. The molecule has 1 fully saturated rings. The summed E-state index contributed by atoms with van der Waals surface area (Å²) >= 11 is 0. The van der Waals surface area contributed by atoms with Crippen LogP contribution in [-0.2, 0) is 10.3 Å². The van der Waals surface area contributed by atoms with E-state index in [0.717, 1.165) is 29.5 Å². The van der Waals surface area contributed by atoms with Crippen molar-refractivity contribution in [2.24, 2.45) is 0 Å². The molecule has 0 radical (unpaired) electrons. The quantitative estimate of drug-likeness (QED) is 0.511. The van der Waals surface area contributed by atoms with Crippen LogP contribution in [0.15, 0.2) is 72.9 Å². The smallest absolute Gasteiger partial charge is 0.244 e. The molecule has 0 saturated heterocycles. The minimum atomic E-state index is -0.521. The molecule has 1 amide bonds. The van der Waals surface area contributed by atoms with Gasteiger partial charge in [-0.05, 0) is 54.3 Å². The Morgan fingerprint density at radius 1 is 1.00 bits per heavy atom. The molecule has 1 N–H and O–H groups in total. The molecule has 4 rings (SSSR count). The summed E-state index contributed by atoms with van der Waals surface area (Å²) in [5.74, 6) is -1.16. The van der Waals surface area contributed by atoms with Gasteiger partial charge in [0.1, 0.15) is 5.82 Å². The second-order valence-electron chi connectivity index (χ2n) is 6.88. The number of carbonyl (C=O) groups excluding carboxylic acids is 1. The third kappa shape index (κ3) is 3.83. The topological polar surface area (TPSA) is 42.0 Å². The summed E-state index contributed by atoms with van der Waals surface area (Å²) in [6.07, 6.45) is 5.98. The van der Waals surface area contributed by atoms with Crippen LogP contribution in [0, 0.1) is 11.8 Å². The lowest BCUT2D eigenvalue weighted by atomic mass is 9.99. The number of rotatable bonds is 5. The van der Waals surface area contributed by atoms with Gasteiger partial charge < -0.3 is 5.32 Å². The molecular formula is C23H18F2N2O. The first-order valence-electron chi connectivity index (χ1n) is 9.03. The minimum Gasteiger partial charge on any atom is -0.343 e. The Kier molecular flexibility index (Phi) is 4.74. The molecule has 0 aliphatic heterocycles. The number of hydrogen-bond donors (Lipinski definition) is 1.